The summed E-state index contributed by atoms with van der Waals surface area (Å²) in [4.78, 5) is 44.6. The van der Waals surface area contributed by atoms with Gasteiger partial charge in [0.2, 0.25) is 0 Å². The van der Waals surface area contributed by atoms with Crippen molar-refractivity contribution in [3.8, 4) is 11.5 Å². The third-order valence-electron chi connectivity index (χ3n) is 4.71. The molecule has 8 nitrogen and oxygen atoms in total. The number of rotatable bonds is 6. The van der Waals surface area contributed by atoms with Crippen molar-refractivity contribution < 1.29 is 9.18 Å². The number of pyridine rings is 1. The zero-order valence-corrected chi connectivity index (χ0v) is 17.1. The van der Waals surface area contributed by atoms with Gasteiger partial charge in [-0.05, 0) is 36.8 Å². The lowest BCUT2D eigenvalue weighted by Crippen LogP contribution is -2.31. The second-order valence-corrected chi connectivity index (χ2v) is 7.13. The van der Waals surface area contributed by atoms with Gasteiger partial charge in [0.1, 0.15) is 17.2 Å². The van der Waals surface area contributed by atoms with E-state index in [0.717, 1.165) is 0 Å². The van der Waals surface area contributed by atoms with Gasteiger partial charge >= 0.3 is 0 Å². The highest BCUT2D eigenvalue weighted by Gasteiger charge is 2.19. The fraction of sp³-hybridized carbons (Fsp3) is 0.130. The minimum atomic E-state index is -0.586. The van der Waals surface area contributed by atoms with Gasteiger partial charge in [-0.1, -0.05) is 18.2 Å². The van der Waals surface area contributed by atoms with E-state index >= 15 is 0 Å². The van der Waals surface area contributed by atoms with Crippen LogP contribution in [0.3, 0.4) is 0 Å². The largest absolute Gasteiger partial charge is 0.343 e. The first kappa shape index (κ1) is 21.0. The van der Waals surface area contributed by atoms with Gasteiger partial charge in [-0.2, -0.15) is 0 Å². The molecule has 4 rings (SSSR count). The Balaban J connectivity index is 1.65. The number of nitrogens with zero attached hydrogens (tertiary/aromatic N) is 4. The van der Waals surface area contributed by atoms with Crippen molar-refractivity contribution in [3.63, 3.8) is 0 Å². The summed E-state index contributed by atoms with van der Waals surface area (Å²) in [6.45, 7) is 1.77. The molecule has 4 aromatic rings. The predicted molar refractivity (Wildman–Crippen MR) is 115 cm³/mol. The lowest BCUT2D eigenvalue weighted by molar-refractivity contribution is 0.0931. The third kappa shape index (κ3) is 5.07. The van der Waals surface area contributed by atoms with Gasteiger partial charge in [0, 0.05) is 24.9 Å². The normalized spacial score (nSPS) is 11.7. The van der Waals surface area contributed by atoms with Gasteiger partial charge < -0.3 is 10.3 Å². The van der Waals surface area contributed by atoms with Crippen molar-refractivity contribution in [2.75, 3.05) is 0 Å². The summed E-state index contributed by atoms with van der Waals surface area (Å²) in [5.74, 6) is -0.516. The molecule has 1 amide bonds. The second kappa shape index (κ2) is 9.25. The maximum Gasteiger partial charge on any atom is 0.271 e. The molecule has 0 radical (unpaired) electrons. The monoisotopic (exact) mass is 430 g/mol. The molecule has 0 bridgehead atoms. The zero-order chi connectivity index (χ0) is 22.5. The third-order valence-corrected chi connectivity index (χ3v) is 4.71. The Morgan fingerprint density at radius 3 is 2.59 bits per heavy atom. The molecule has 1 atom stereocenters. The maximum atomic E-state index is 13.5. The Bertz CT molecular complexity index is 1270. The molecule has 0 unspecified atom stereocenters. The number of hydrogen-bond donors (Lipinski definition) is 2. The summed E-state index contributed by atoms with van der Waals surface area (Å²) in [5, 5.41) is 2.88. The van der Waals surface area contributed by atoms with Crippen molar-refractivity contribution >= 4 is 5.91 Å². The van der Waals surface area contributed by atoms with Gasteiger partial charge in [-0.25, -0.2) is 14.4 Å². The Morgan fingerprint density at radius 2 is 1.91 bits per heavy atom. The predicted octanol–water partition coefficient (Wildman–Crippen LogP) is 2.78. The molecule has 3 aromatic heterocycles. The van der Waals surface area contributed by atoms with Gasteiger partial charge in [0.05, 0.1) is 23.6 Å². The van der Waals surface area contributed by atoms with Crippen molar-refractivity contribution in [1.29, 1.82) is 0 Å². The van der Waals surface area contributed by atoms with Crippen LogP contribution in [0.1, 0.15) is 33.5 Å². The van der Waals surface area contributed by atoms with Crippen LogP contribution in [0.5, 0.6) is 0 Å². The van der Waals surface area contributed by atoms with E-state index in [1.807, 2.05) is 0 Å². The van der Waals surface area contributed by atoms with Crippen LogP contribution in [-0.4, -0.2) is 30.8 Å². The first-order valence-electron chi connectivity index (χ1n) is 9.84. The van der Waals surface area contributed by atoms with E-state index in [-0.39, 0.29) is 17.7 Å². The van der Waals surface area contributed by atoms with Crippen LogP contribution in [0.25, 0.3) is 11.5 Å². The van der Waals surface area contributed by atoms with E-state index in [1.54, 1.807) is 43.5 Å². The van der Waals surface area contributed by atoms with Crippen molar-refractivity contribution in [1.82, 2.24) is 30.2 Å². The van der Waals surface area contributed by atoms with Gasteiger partial charge in [-0.3, -0.25) is 19.6 Å². The van der Waals surface area contributed by atoms with Gasteiger partial charge in [-0.15, -0.1) is 0 Å². The lowest BCUT2D eigenvalue weighted by atomic mass is 10.0. The summed E-state index contributed by atoms with van der Waals surface area (Å²) in [5.41, 5.74) is 2.11. The molecule has 0 aliphatic carbocycles. The molecule has 0 saturated carbocycles. The van der Waals surface area contributed by atoms with Crippen LogP contribution < -0.4 is 10.9 Å². The van der Waals surface area contributed by atoms with Gasteiger partial charge in [0.15, 0.2) is 5.82 Å². The first-order valence-corrected chi connectivity index (χ1v) is 9.84. The number of nitrogens with one attached hydrogen (secondary N) is 2. The number of benzene rings is 1. The summed E-state index contributed by atoms with van der Waals surface area (Å²) in [7, 11) is 0. The fourth-order valence-electron chi connectivity index (χ4n) is 3.14. The summed E-state index contributed by atoms with van der Waals surface area (Å²) >= 11 is 0. The van der Waals surface area contributed by atoms with Crippen LogP contribution in [0.4, 0.5) is 4.39 Å². The second-order valence-electron chi connectivity index (χ2n) is 7.13. The van der Waals surface area contributed by atoms with E-state index in [2.05, 4.69) is 30.2 Å². The van der Waals surface area contributed by atoms with Crippen LogP contribution in [0, 0.1) is 12.7 Å². The van der Waals surface area contributed by atoms with E-state index in [4.69, 9.17) is 0 Å². The SMILES string of the molecule is Cc1cnc(C(=O)N[C@@H](Cc2cc(=O)[nH]c(-c3ccccn3)n2)c2ccc(F)cc2)cn1. The molecule has 2 N–H and O–H groups in total. The molecule has 0 aliphatic rings. The van der Waals surface area contributed by atoms with E-state index in [9.17, 15) is 14.0 Å². The Morgan fingerprint density at radius 1 is 1.09 bits per heavy atom. The number of H-pyrrole nitrogens is 1. The highest BCUT2D eigenvalue weighted by atomic mass is 19.1. The molecule has 9 heteroatoms. The Labute approximate surface area is 182 Å². The topological polar surface area (TPSA) is 114 Å². The molecule has 1 aromatic carbocycles. The molecule has 0 spiro atoms. The summed E-state index contributed by atoms with van der Waals surface area (Å²) in [6, 6.07) is 11.8. The number of carbonyl (C=O) groups is 1. The number of aromatic amines is 1. The molecule has 3 heterocycles. The maximum absolute atomic E-state index is 13.5. The molecule has 0 saturated heterocycles. The van der Waals surface area contributed by atoms with E-state index < -0.39 is 17.8 Å². The molecule has 160 valence electrons. The average molecular weight is 430 g/mol. The average Bonchev–Trinajstić information content (AvgIpc) is 2.80. The minimum absolute atomic E-state index is 0.149. The lowest BCUT2D eigenvalue weighted by Gasteiger charge is -2.19. The van der Waals surface area contributed by atoms with Crippen LogP contribution in [0.2, 0.25) is 0 Å². The van der Waals surface area contributed by atoms with Crippen molar-refractivity contribution in [2.45, 2.75) is 19.4 Å². The molecule has 0 aliphatic heterocycles. The smallest absolute Gasteiger partial charge is 0.271 e. The zero-order valence-electron chi connectivity index (χ0n) is 17.1. The fourth-order valence-corrected chi connectivity index (χ4v) is 3.14. The summed E-state index contributed by atoms with van der Waals surface area (Å²) in [6.07, 6.45) is 4.68. The highest BCUT2D eigenvalue weighted by Crippen LogP contribution is 2.20. The Hall–Kier alpha value is -4.27. The van der Waals surface area contributed by atoms with Crippen LogP contribution in [-0.2, 0) is 6.42 Å². The minimum Gasteiger partial charge on any atom is -0.343 e. The number of aromatic nitrogens is 5. The number of carbonyl (C=O) groups excluding carboxylic acids is 1. The van der Waals surface area contributed by atoms with Crippen molar-refractivity contribution in [3.05, 3.63) is 106 Å². The van der Waals surface area contributed by atoms with E-state index in [0.29, 0.717) is 28.5 Å². The highest BCUT2D eigenvalue weighted by molar-refractivity contribution is 5.92. The molecule has 0 fully saturated rings. The van der Waals surface area contributed by atoms with Crippen LogP contribution in [0.15, 0.2) is 71.9 Å². The van der Waals surface area contributed by atoms with Gasteiger partial charge in [0.25, 0.3) is 11.5 Å². The number of aryl methyl sites for hydroxylation is 1. The number of hydrogen-bond acceptors (Lipinski definition) is 6. The first-order chi connectivity index (χ1) is 15.5. The van der Waals surface area contributed by atoms with Crippen LogP contribution >= 0.6 is 0 Å². The molecular weight excluding hydrogens is 411 g/mol. The van der Waals surface area contributed by atoms with E-state index in [1.165, 1.54) is 30.6 Å². The standard InChI is InChI=1S/C23H19FN6O2/c1-14-12-27-20(13-26-14)23(32)29-19(15-5-7-16(24)8-6-15)10-17-11-21(31)30-22(28-17)18-4-2-3-9-25-18/h2-9,11-13,19H,10H2,1H3,(H,29,32)(H,28,30,31)/t19-/m0/s1. The number of amides is 1. The summed E-state index contributed by atoms with van der Waals surface area (Å²) < 4.78 is 13.5. The molecular formula is C23H19FN6O2. The van der Waals surface area contributed by atoms with Crippen molar-refractivity contribution in [2.24, 2.45) is 0 Å². The quantitative estimate of drug-likeness (QED) is 0.486. The molecule has 32 heavy (non-hydrogen) atoms. The Kier molecular flexibility index (Phi) is 6.07. The number of halogens is 1.